The van der Waals surface area contributed by atoms with Crippen molar-refractivity contribution >= 4 is 5.97 Å². The van der Waals surface area contributed by atoms with Gasteiger partial charge in [0.2, 0.25) is 11.7 Å². The molecule has 1 atom stereocenters. The van der Waals surface area contributed by atoms with Crippen molar-refractivity contribution in [2.45, 2.75) is 38.5 Å². The van der Waals surface area contributed by atoms with Crippen molar-refractivity contribution in [2.75, 3.05) is 13.2 Å². The summed E-state index contributed by atoms with van der Waals surface area (Å²) >= 11 is 0. The molecule has 0 spiro atoms. The average molecular weight is 239 g/mol. The Balaban J connectivity index is 2.40. The highest BCUT2D eigenvalue weighted by Crippen LogP contribution is 2.31. The van der Waals surface area contributed by atoms with Crippen LogP contribution in [0.3, 0.4) is 0 Å². The van der Waals surface area contributed by atoms with Crippen LogP contribution < -0.4 is 0 Å². The third-order valence-electron chi connectivity index (χ3n) is 2.83. The summed E-state index contributed by atoms with van der Waals surface area (Å²) in [5, 5.41) is 9.12. The summed E-state index contributed by atoms with van der Waals surface area (Å²) in [5.41, 5.74) is 0.168. The van der Waals surface area contributed by atoms with Gasteiger partial charge in [-0.25, -0.2) is 9.78 Å². The van der Waals surface area contributed by atoms with E-state index in [0.29, 0.717) is 24.8 Å². The summed E-state index contributed by atoms with van der Waals surface area (Å²) in [7, 11) is 0. The number of aromatic nitrogens is 1. The second-order valence-corrected chi connectivity index (χ2v) is 5.35. The van der Waals surface area contributed by atoms with E-state index in [1.54, 1.807) is 0 Å². The molecule has 1 aromatic rings. The van der Waals surface area contributed by atoms with Gasteiger partial charge in [0.15, 0.2) is 0 Å². The number of oxazole rings is 1. The van der Waals surface area contributed by atoms with Crippen molar-refractivity contribution in [3.05, 3.63) is 17.3 Å². The highest BCUT2D eigenvalue weighted by molar-refractivity contribution is 5.86. The number of carboxylic acid groups (broad SMARTS) is 1. The number of carbonyl (C=O) groups is 1. The summed E-state index contributed by atoms with van der Waals surface area (Å²) < 4.78 is 10.7. The molecule has 1 aromatic heterocycles. The van der Waals surface area contributed by atoms with Crippen LogP contribution in [0.5, 0.6) is 0 Å². The largest absolute Gasteiger partial charge is 0.475 e. The summed E-state index contributed by atoms with van der Waals surface area (Å²) in [5.74, 6) is -0.527. The van der Waals surface area contributed by atoms with E-state index in [2.05, 4.69) is 4.98 Å². The van der Waals surface area contributed by atoms with Crippen molar-refractivity contribution in [3.63, 3.8) is 0 Å². The van der Waals surface area contributed by atoms with Crippen molar-refractivity contribution < 1.29 is 19.1 Å². The van der Waals surface area contributed by atoms with Crippen molar-refractivity contribution in [1.29, 1.82) is 0 Å². The van der Waals surface area contributed by atoms with Crippen LogP contribution in [0.25, 0.3) is 0 Å². The van der Waals surface area contributed by atoms with Gasteiger partial charge < -0.3 is 14.3 Å². The molecule has 0 aliphatic carbocycles. The third kappa shape index (κ3) is 2.34. The molecule has 0 saturated carbocycles. The van der Waals surface area contributed by atoms with Gasteiger partial charge >= 0.3 is 5.97 Å². The van der Waals surface area contributed by atoms with Gasteiger partial charge in [0.1, 0.15) is 0 Å². The lowest BCUT2D eigenvalue weighted by atomic mass is 9.91. The minimum atomic E-state index is -1.06. The molecule has 1 saturated heterocycles. The van der Waals surface area contributed by atoms with Crippen LogP contribution in [0, 0.1) is 0 Å². The predicted octanol–water partition coefficient (Wildman–Crippen LogP) is 2.17. The minimum absolute atomic E-state index is 0.0422. The highest BCUT2D eigenvalue weighted by Gasteiger charge is 2.32. The Hall–Kier alpha value is -1.36. The minimum Gasteiger partial charge on any atom is -0.475 e. The monoisotopic (exact) mass is 239 g/mol. The van der Waals surface area contributed by atoms with E-state index in [-0.39, 0.29) is 17.1 Å². The maximum atomic E-state index is 11.1. The van der Waals surface area contributed by atoms with Crippen molar-refractivity contribution in [2.24, 2.45) is 0 Å². The maximum absolute atomic E-state index is 11.1. The topological polar surface area (TPSA) is 72.6 Å². The van der Waals surface area contributed by atoms with Crippen molar-refractivity contribution in [3.8, 4) is 0 Å². The van der Waals surface area contributed by atoms with Gasteiger partial charge in [0, 0.05) is 12.0 Å². The molecular formula is C12H17NO4. The average Bonchev–Trinajstić information content (AvgIpc) is 2.85. The van der Waals surface area contributed by atoms with E-state index in [0.717, 1.165) is 6.42 Å². The van der Waals surface area contributed by atoms with Gasteiger partial charge in [-0.1, -0.05) is 20.8 Å². The van der Waals surface area contributed by atoms with Crippen LogP contribution >= 0.6 is 0 Å². The first-order chi connectivity index (χ1) is 7.89. The fraction of sp³-hybridized carbons (Fsp3) is 0.667. The standard InChI is InChI=1S/C12H17NO4/c1-12(2,3)9-8(11(14)15)17-10(13-9)7-4-5-16-6-7/h7H,4-6H2,1-3H3,(H,14,15). The Bertz CT molecular complexity index is 424. The molecule has 1 unspecified atom stereocenters. The van der Waals surface area contributed by atoms with Crippen LogP contribution in [0.15, 0.2) is 4.42 Å². The van der Waals surface area contributed by atoms with Crippen LogP contribution in [-0.2, 0) is 10.2 Å². The molecule has 94 valence electrons. The van der Waals surface area contributed by atoms with E-state index in [1.807, 2.05) is 20.8 Å². The van der Waals surface area contributed by atoms with Gasteiger partial charge in [-0.15, -0.1) is 0 Å². The number of hydrogen-bond acceptors (Lipinski definition) is 4. The molecule has 0 radical (unpaired) electrons. The van der Waals surface area contributed by atoms with Crippen molar-refractivity contribution in [1.82, 2.24) is 4.98 Å². The zero-order valence-corrected chi connectivity index (χ0v) is 10.3. The Labute approximate surface area is 99.8 Å². The van der Waals surface area contributed by atoms with Gasteiger partial charge in [-0.3, -0.25) is 0 Å². The van der Waals surface area contributed by atoms with Crippen LogP contribution in [0.2, 0.25) is 0 Å². The van der Waals surface area contributed by atoms with Gasteiger partial charge in [-0.2, -0.15) is 0 Å². The molecule has 1 aliphatic rings. The Morgan fingerprint density at radius 1 is 1.47 bits per heavy atom. The first-order valence-electron chi connectivity index (χ1n) is 5.72. The summed E-state index contributed by atoms with van der Waals surface area (Å²) in [6.45, 7) is 7.01. The lowest BCUT2D eigenvalue weighted by Gasteiger charge is -2.14. The molecule has 5 heteroatoms. The van der Waals surface area contributed by atoms with Gasteiger partial charge in [-0.05, 0) is 6.42 Å². The van der Waals surface area contributed by atoms with Gasteiger partial charge in [0.25, 0.3) is 0 Å². The second-order valence-electron chi connectivity index (χ2n) is 5.35. The summed E-state index contributed by atoms with van der Waals surface area (Å²) in [6, 6.07) is 0. The lowest BCUT2D eigenvalue weighted by molar-refractivity contribution is 0.0655. The normalized spacial score (nSPS) is 20.8. The summed E-state index contributed by atoms with van der Waals surface area (Å²) in [4.78, 5) is 15.5. The van der Waals surface area contributed by atoms with Crippen LogP contribution in [-0.4, -0.2) is 29.3 Å². The van der Waals surface area contributed by atoms with E-state index in [1.165, 1.54) is 0 Å². The number of hydrogen-bond donors (Lipinski definition) is 1. The molecule has 0 aromatic carbocycles. The maximum Gasteiger partial charge on any atom is 0.373 e. The number of aromatic carboxylic acids is 1. The quantitative estimate of drug-likeness (QED) is 0.856. The van der Waals surface area contributed by atoms with Crippen LogP contribution in [0.1, 0.15) is 55.2 Å². The molecule has 1 aliphatic heterocycles. The number of rotatable bonds is 2. The molecule has 1 N–H and O–H groups in total. The molecule has 0 bridgehead atoms. The first kappa shape index (κ1) is 12.1. The van der Waals surface area contributed by atoms with E-state index in [9.17, 15) is 4.79 Å². The predicted molar refractivity (Wildman–Crippen MR) is 60.3 cm³/mol. The zero-order valence-electron chi connectivity index (χ0n) is 10.3. The second kappa shape index (κ2) is 4.14. The van der Waals surface area contributed by atoms with Gasteiger partial charge in [0.05, 0.1) is 18.2 Å². The lowest BCUT2D eigenvalue weighted by Crippen LogP contribution is -2.16. The summed E-state index contributed by atoms with van der Waals surface area (Å²) in [6.07, 6.45) is 0.836. The third-order valence-corrected chi connectivity index (χ3v) is 2.83. The fourth-order valence-corrected chi connectivity index (χ4v) is 1.89. The number of nitrogens with zero attached hydrogens (tertiary/aromatic N) is 1. The smallest absolute Gasteiger partial charge is 0.373 e. The molecular weight excluding hydrogens is 222 g/mol. The molecule has 17 heavy (non-hydrogen) atoms. The Morgan fingerprint density at radius 2 is 2.18 bits per heavy atom. The van der Waals surface area contributed by atoms with E-state index >= 15 is 0 Å². The highest BCUT2D eigenvalue weighted by atomic mass is 16.5. The Morgan fingerprint density at radius 3 is 2.59 bits per heavy atom. The number of carboxylic acids is 1. The molecule has 0 amide bonds. The van der Waals surface area contributed by atoms with Crippen LogP contribution in [0.4, 0.5) is 0 Å². The zero-order chi connectivity index (χ0) is 12.6. The molecule has 2 heterocycles. The molecule has 5 nitrogen and oxygen atoms in total. The van der Waals surface area contributed by atoms with E-state index in [4.69, 9.17) is 14.3 Å². The molecule has 1 fully saturated rings. The molecule has 2 rings (SSSR count). The first-order valence-corrected chi connectivity index (χ1v) is 5.72. The Kier molecular flexibility index (Phi) is 2.95. The van der Waals surface area contributed by atoms with E-state index < -0.39 is 5.97 Å². The SMILES string of the molecule is CC(C)(C)c1nc(C2CCOC2)oc1C(=O)O. The number of ether oxygens (including phenoxy) is 1. The fourth-order valence-electron chi connectivity index (χ4n) is 1.89.